The van der Waals surface area contributed by atoms with Crippen molar-refractivity contribution in [1.29, 1.82) is 0 Å². The third-order valence-corrected chi connectivity index (χ3v) is 10.7. The lowest BCUT2D eigenvalue weighted by molar-refractivity contribution is -0.163. The number of ether oxygens (including phenoxy) is 3. The fraction of sp³-hybridized carbons (Fsp3) is 0.576. The summed E-state index contributed by atoms with van der Waals surface area (Å²) in [5, 5.41) is 18.3. The summed E-state index contributed by atoms with van der Waals surface area (Å²) in [5.74, 6) is -0.516. The van der Waals surface area contributed by atoms with Crippen LogP contribution in [-0.2, 0) is 30.7 Å². The first-order valence-corrected chi connectivity index (χ1v) is 18.6. The Bertz CT molecular complexity index is 1580. The van der Waals surface area contributed by atoms with Gasteiger partial charge in [0.25, 0.3) is 0 Å². The van der Waals surface area contributed by atoms with E-state index in [1.807, 2.05) is 13.8 Å². The van der Waals surface area contributed by atoms with E-state index in [1.54, 1.807) is 24.3 Å². The molecular weight excluding hydrogens is 648 g/mol. The van der Waals surface area contributed by atoms with Crippen LogP contribution in [0.4, 0.5) is 14.3 Å². The van der Waals surface area contributed by atoms with Gasteiger partial charge < -0.3 is 30.0 Å². The number of fused-ring (bicyclic) bond motifs is 1. The smallest absolute Gasteiger partial charge is 0.407 e. The molecule has 3 N–H and O–H groups in total. The van der Waals surface area contributed by atoms with Crippen molar-refractivity contribution in [1.82, 2.24) is 14.6 Å². The molecule has 2 aromatic carbocycles. The molecule has 0 spiro atoms. The van der Waals surface area contributed by atoms with Crippen LogP contribution in [0.2, 0.25) is 0 Å². The van der Waals surface area contributed by atoms with Gasteiger partial charge in [0, 0.05) is 32.2 Å². The van der Waals surface area contributed by atoms with Crippen molar-refractivity contribution in [3.05, 3.63) is 53.8 Å². The molecule has 1 saturated heterocycles. The van der Waals surface area contributed by atoms with Crippen LogP contribution < -0.4 is 10.6 Å². The number of nitrogens with one attached hydrogen (secondary N) is 2. The zero-order valence-electron chi connectivity index (χ0n) is 26.9. The molecule has 0 unspecified atom stereocenters. The molecule has 11 nitrogen and oxygen atoms in total. The van der Waals surface area contributed by atoms with Gasteiger partial charge in [0.15, 0.2) is 11.4 Å². The number of carbonyl (C=O) groups is 1. The highest BCUT2D eigenvalue weighted by molar-refractivity contribution is 7.89. The Kier molecular flexibility index (Phi) is 12.4. The topological polar surface area (TPSA) is 139 Å². The normalized spacial score (nSPS) is 18.4. The van der Waals surface area contributed by atoms with E-state index in [2.05, 4.69) is 15.6 Å². The quantitative estimate of drug-likeness (QED) is 0.161. The molecule has 0 bridgehead atoms. The van der Waals surface area contributed by atoms with Crippen molar-refractivity contribution in [3.63, 3.8) is 0 Å². The molecule has 14 heteroatoms. The number of benzene rings is 2. The summed E-state index contributed by atoms with van der Waals surface area (Å²) in [5.41, 5.74) is 1.24. The molecule has 1 aliphatic heterocycles. The average Bonchev–Trinajstić information content (AvgIpc) is 3.75. The molecular formula is C33H45FN4O7S2. The van der Waals surface area contributed by atoms with Crippen molar-refractivity contribution >= 4 is 42.8 Å². The lowest BCUT2D eigenvalue weighted by Crippen LogP contribution is -2.51. The minimum absolute atomic E-state index is 0.0509. The number of aliphatic hydroxyl groups excluding tert-OH is 1. The molecule has 258 valence electrons. The van der Waals surface area contributed by atoms with Crippen LogP contribution in [0.25, 0.3) is 10.2 Å². The van der Waals surface area contributed by atoms with Gasteiger partial charge in [-0.15, -0.1) is 0 Å². The van der Waals surface area contributed by atoms with Crippen molar-refractivity contribution < 1.29 is 36.9 Å². The first-order chi connectivity index (χ1) is 22.6. The van der Waals surface area contributed by atoms with Crippen molar-refractivity contribution in [3.8, 4) is 0 Å². The summed E-state index contributed by atoms with van der Waals surface area (Å²) >= 11 is 1.41. The Morgan fingerprint density at radius 1 is 1.15 bits per heavy atom. The number of thiazole rings is 1. The lowest BCUT2D eigenvalue weighted by atomic mass is 10.0. The first kappa shape index (κ1) is 35.4. The van der Waals surface area contributed by atoms with Gasteiger partial charge in [-0.05, 0) is 80.3 Å². The minimum Gasteiger partial charge on any atom is -0.449 e. The van der Waals surface area contributed by atoms with E-state index in [1.165, 1.54) is 33.8 Å². The van der Waals surface area contributed by atoms with Gasteiger partial charge in [0.2, 0.25) is 10.0 Å². The van der Waals surface area contributed by atoms with E-state index in [4.69, 9.17) is 14.2 Å². The maximum atomic E-state index is 14.0. The van der Waals surface area contributed by atoms with Crippen LogP contribution in [0.1, 0.15) is 57.9 Å². The molecule has 3 atom stereocenters. The van der Waals surface area contributed by atoms with Crippen molar-refractivity contribution in [2.75, 3.05) is 38.2 Å². The summed E-state index contributed by atoms with van der Waals surface area (Å²) in [6.07, 6.45) is 3.25. The molecule has 47 heavy (non-hydrogen) atoms. The highest BCUT2D eigenvalue weighted by Gasteiger charge is 2.32. The highest BCUT2D eigenvalue weighted by Crippen LogP contribution is 2.33. The van der Waals surface area contributed by atoms with E-state index < -0.39 is 34.1 Å². The Morgan fingerprint density at radius 2 is 1.98 bits per heavy atom. The molecule has 1 amide bonds. The SMILES string of the molecule is CC(C)CN(C[C@@H](O)[C@H](Cc1cccc(F)c1)NC(=O)OCCCO[C@H]1CCCCO1)S(=O)(=O)c1ccc2nc(NC3CC3)sc2c1. The van der Waals surface area contributed by atoms with E-state index in [0.29, 0.717) is 36.8 Å². The Hall–Kier alpha value is -2.88. The first-order valence-electron chi connectivity index (χ1n) is 16.3. The number of sulfonamides is 1. The van der Waals surface area contributed by atoms with Gasteiger partial charge in [-0.2, -0.15) is 4.31 Å². The Labute approximate surface area is 279 Å². The third kappa shape index (κ3) is 10.6. The highest BCUT2D eigenvalue weighted by atomic mass is 32.2. The molecule has 0 radical (unpaired) electrons. The molecule has 3 aromatic rings. The lowest BCUT2D eigenvalue weighted by Gasteiger charge is -2.30. The maximum absolute atomic E-state index is 14.0. The molecule has 1 aliphatic carbocycles. The fourth-order valence-corrected chi connectivity index (χ4v) is 8.07. The number of aromatic nitrogens is 1. The van der Waals surface area contributed by atoms with E-state index in [9.17, 15) is 22.7 Å². The molecule has 1 saturated carbocycles. The van der Waals surface area contributed by atoms with Crippen LogP contribution in [0.5, 0.6) is 0 Å². The second-order valence-corrected chi connectivity index (χ2v) is 15.6. The number of nitrogens with zero attached hydrogens (tertiary/aromatic N) is 2. The monoisotopic (exact) mass is 692 g/mol. The summed E-state index contributed by atoms with van der Waals surface area (Å²) in [6.45, 7) is 4.73. The van der Waals surface area contributed by atoms with Gasteiger partial charge in [0.1, 0.15) is 5.82 Å². The van der Waals surface area contributed by atoms with Crippen LogP contribution in [-0.4, -0.2) is 86.3 Å². The third-order valence-electron chi connectivity index (χ3n) is 7.94. The van der Waals surface area contributed by atoms with Gasteiger partial charge in [0.05, 0.1) is 40.5 Å². The maximum Gasteiger partial charge on any atom is 0.407 e. The number of halogens is 1. The molecule has 1 aromatic heterocycles. The Balaban J connectivity index is 1.26. The van der Waals surface area contributed by atoms with E-state index in [-0.39, 0.29) is 43.2 Å². The van der Waals surface area contributed by atoms with E-state index >= 15 is 0 Å². The molecule has 2 heterocycles. The van der Waals surface area contributed by atoms with Gasteiger partial charge in [-0.3, -0.25) is 0 Å². The summed E-state index contributed by atoms with van der Waals surface area (Å²) in [4.78, 5) is 17.5. The second-order valence-electron chi connectivity index (χ2n) is 12.6. The van der Waals surface area contributed by atoms with Crippen LogP contribution in [0.3, 0.4) is 0 Å². The van der Waals surface area contributed by atoms with Crippen LogP contribution in [0.15, 0.2) is 47.4 Å². The minimum atomic E-state index is -4.05. The number of anilines is 1. The number of amides is 1. The summed E-state index contributed by atoms with van der Waals surface area (Å²) < 4.78 is 60.6. The van der Waals surface area contributed by atoms with Crippen molar-refractivity contribution in [2.45, 2.75) is 88.2 Å². The molecule has 2 aliphatic rings. The summed E-state index contributed by atoms with van der Waals surface area (Å²) in [6, 6.07) is 10.1. The predicted octanol–water partition coefficient (Wildman–Crippen LogP) is 5.29. The van der Waals surface area contributed by atoms with Crippen LogP contribution >= 0.6 is 11.3 Å². The molecule has 2 fully saturated rings. The Morgan fingerprint density at radius 3 is 2.70 bits per heavy atom. The van der Waals surface area contributed by atoms with E-state index in [0.717, 1.165) is 41.9 Å². The zero-order chi connectivity index (χ0) is 33.4. The second kappa shape index (κ2) is 16.5. The summed E-state index contributed by atoms with van der Waals surface area (Å²) in [7, 11) is -4.05. The number of hydrogen-bond donors (Lipinski definition) is 3. The number of aliphatic hydroxyl groups is 1. The number of alkyl carbamates (subject to hydrolysis) is 1. The fourth-order valence-electron chi connectivity index (χ4n) is 5.37. The van der Waals surface area contributed by atoms with Crippen molar-refractivity contribution in [2.24, 2.45) is 5.92 Å². The predicted molar refractivity (Wildman–Crippen MR) is 178 cm³/mol. The van der Waals surface area contributed by atoms with Crippen LogP contribution in [0, 0.1) is 11.7 Å². The van der Waals surface area contributed by atoms with Gasteiger partial charge >= 0.3 is 6.09 Å². The molecule has 5 rings (SSSR count). The van der Waals surface area contributed by atoms with Gasteiger partial charge in [-0.25, -0.2) is 22.6 Å². The number of carbonyl (C=O) groups excluding carboxylic acids is 1. The average molecular weight is 693 g/mol. The number of hydrogen-bond acceptors (Lipinski definition) is 10. The number of rotatable bonds is 17. The van der Waals surface area contributed by atoms with Gasteiger partial charge in [-0.1, -0.05) is 37.3 Å². The zero-order valence-corrected chi connectivity index (χ0v) is 28.5. The standard InChI is InChI=1S/C33H45FN4O7S2/c1-22(2)20-38(47(41,42)26-12-13-27-30(19-26)46-32(36-27)35-25-10-11-25)21-29(39)28(18-23-7-5-8-24(34)17-23)37-33(40)45-16-6-15-44-31-9-3-4-14-43-31/h5,7-8,12-13,17,19,22,25,28-29,31,39H,3-4,6,9-11,14-16,18,20-21H2,1-2H3,(H,35,36)(H,37,40)/t28-,29+,31-/m0/s1. The largest absolute Gasteiger partial charge is 0.449 e.